The molecule has 1 fully saturated rings. The Morgan fingerprint density at radius 1 is 1.25 bits per heavy atom. The molecule has 0 saturated carbocycles. The normalized spacial score (nSPS) is 16.1. The van der Waals surface area contributed by atoms with Crippen LogP contribution >= 0.6 is 0 Å². The van der Waals surface area contributed by atoms with Crippen LogP contribution in [0.15, 0.2) is 47.7 Å². The maximum atomic E-state index is 5.43. The largest absolute Gasteiger partial charge is 0.497 e. The monoisotopic (exact) mass is 384 g/mol. The molecule has 0 bridgehead atoms. The van der Waals surface area contributed by atoms with Crippen LogP contribution in [0.2, 0.25) is 0 Å². The number of nitrogens with one attached hydrogen (secondary N) is 2. The number of nitrogens with zero attached hydrogens (tertiary/aromatic N) is 4. The third kappa shape index (κ3) is 5.73. The lowest BCUT2D eigenvalue weighted by Crippen LogP contribution is -2.39. The maximum absolute atomic E-state index is 5.43. The van der Waals surface area contributed by atoms with Gasteiger partial charge in [-0.15, -0.1) is 0 Å². The summed E-state index contributed by atoms with van der Waals surface area (Å²) in [6.07, 6.45) is 6.28. The third-order valence-corrected chi connectivity index (χ3v) is 5.02. The summed E-state index contributed by atoms with van der Waals surface area (Å²) in [5.41, 5.74) is 1.26. The van der Waals surface area contributed by atoms with E-state index in [1.807, 2.05) is 23.0 Å². The first-order valence-corrected chi connectivity index (χ1v) is 10.2. The number of aromatic nitrogens is 2. The van der Waals surface area contributed by atoms with Gasteiger partial charge in [-0.25, -0.2) is 0 Å². The van der Waals surface area contributed by atoms with Gasteiger partial charge in [0.2, 0.25) is 0 Å². The zero-order chi connectivity index (χ0) is 19.6. The number of rotatable bonds is 9. The first kappa shape index (κ1) is 20.2. The molecule has 7 nitrogen and oxygen atoms in total. The molecule has 3 rings (SSSR count). The van der Waals surface area contributed by atoms with Crippen LogP contribution in [0.3, 0.4) is 0 Å². The van der Waals surface area contributed by atoms with Crippen LogP contribution in [0.1, 0.15) is 31.4 Å². The summed E-state index contributed by atoms with van der Waals surface area (Å²) in [6, 6.07) is 10.6. The minimum absolute atomic E-state index is 0.263. The summed E-state index contributed by atoms with van der Waals surface area (Å²) in [5, 5.41) is 11.0. The van der Waals surface area contributed by atoms with Gasteiger partial charge in [0.25, 0.3) is 0 Å². The van der Waals surface area contributed by atoms with Crippen molar-refractivity contribution in [1.29, 1.82) is 0 Å². The van der Waals surface area contributed by atoms with Crippen molar-refractivity contribution in [2.75, 3.05) is 39.8 Å². The van der Waals surface area contributed by atoms with Gasteiger partial charge in [0.15, 0.2) is 5.96 Å². The van der Waals surface area contributed by atoms with Gasteiger partial charge in [0.1, 0.15) is 5.75 Å². The van der Waals surface area contributed by atoms with Gasteiger partial charge in [-0.05, 0) is 56.6 Å². The smallest absolute Gasteiger partial charge is 0.191 e. The van der Waals surface area contributed by atoms with Gasteiger partial charge in [0.05, 0.1) is 26.2 Å². The molecule has 0 aliphatic carbocycles. The van der Waals surface area contributed by atoms with E-state index in [1.165, 1.54) is 18.4 Å². The number of likely N-dealkylation sites (tertiary alicyclic amines) is 1. The fraction of sp³-hybridized carbons (Fsp3) is 0.524. The van der Waals surface area contributed by atoms with E-state index in [2.05, 4.69) is 45.8 Å². The summed E-state index contributed by atoms with van der Waals surface area (Å²) < 4.78 is 7.35. The van der Waals surface area contributed by atoms with Crippen molar-refractivity contribution in [3.8, 4) is 5.75 Å². The molecule has 1 atom stereocenters. The lowest BCUT2D eigenvalue weighted by molar-refractivity contribution is 0.251. The Kier molecular flexibility index (Phi) is 7.72. The van der Waals surface area contributed by atoms with Gasteiger partial charge in [-0.3, -0.25) is 14.6 Å². The first-order valence-electron chi connectivity index (χ1n) is 10.2. The fourth-order valence-electron chi connectivity index (χ4n) is 3.57. The van der Waals surface area contributed by atoms with Crippen molar-refractivity contribution < 1.29 is 4.74 Å². The van der Waals surface area contributed by atoms with E-state index >= 15 is 0 Å². The molecule has 7 heteroatoms. The molecule has 2 aromatic rings. The number of ether oxygens (including phenoxy) is 1. The minimum atomic E-state index is 0.263. The predicted molar refractivity (Wildman–Crippen MR) is 113 cm³/mol. The van der Waals surface area contributed by atoms with Crippen molar-refractivity contribution in [1.82, 2.24) is 25.3 Å². The SMILES string of the molecule is CCNC(=NCC(c1cccc(OC)c1)N1CCCC1)NCCn1cccn1. The second-order valence-corrected chi connectivity index (χ2v) is 6.95. The zero-order valence-corrected chi connectivity index (χ0v) is 17.0. The molecule has 1 aliphatic heterocycles. The van der Waals surface area contributed by atoms with Gasteiger partial charge < -0.3 is 15.4 Å². The topological polar surface area (TPSA) is 66.7 Å². The Hall–Kier alpha value is -2.54. The van der Waals surface area contributed by atoms with Crippen molar-refractivity contribution in [3.63, 3.8) is 0 Å². The molecule has 1 saturated heterocycles. The van der Waals surface area contributed by atoms with Crippen molar-refractivity contribution in [3.05, 3.63) is 48.3 Å². The number of methoxy groups -OCH3 is 1. The molecule has 152 valence electrons. The Morgan fingerprint density at radius 2 is 2.11 bits per heavy atom. The molecule has 2 N–H and O–H groups in total. The van der Waals surface area contributed by atoms with E-state index in [0.29, 0.717) is 6.54 Å². The minimum Gasteiger partial charge on any atom is -0.497 e. The molecule has 2 heterocycles. The lowest BCUT2D eigenvalue weighted by atomic mass is 10.1. The van der Waals surface area contributed by atoms with Gasteiger partial charge in [-0.1, -0.05) is 12.1 Å². The van der Waals surface area contributed by atoms with Crippen molar-refractivity contribution in [2.45, 2.75) is 32.4 Å². The van der Waals surface area contributed by atoms with Crippen LogP contribution in [0.4, 0.5) is 0 Å². The molecule has 1 aromatic heterocycles. The molecule has 0 amide bonds. The second-order valence-electron chi connectivity index (χ2n) is 6.95. The highest BCUT2D eigenvalue weighted by Crippen LogP contribution is 2.27. The summed E-state index contributed by atoms with van der Waals surface area (Å²) in [4.78, 5) is 7.42. The Balaban J connectivity index is 1.67. The first-order chi connectivity index (χ1) is 13.8. The van der Waals surface area contributed by atoms with Gasteiger partial charge in [-0.2, -0.15) is 5.10 Å². The second kappa shape index (κ2) is 10.7. The van der Waals surface area contributed by atoms with Crippen LogP contribution in [0, 0.1) is 0 Å². The third-order valence-electron chi connectivity index (χ3n) is 5.02. The highest BCUT2D eigenvalue weighted by Gasteiger charge is 2.23. The Morgan fingerprint density at radius 3 is 2.82 bits per heavy atom. The number of hydrogen-bond acceptors (Lipinski definition) is 4. The lowest BCUT2D eigenvalue weighted by Gasteiger charge is -2.27. The average Bonchev–Trinajstić information content (AvgIpc) is 3.43. The zero-order valence-electron chi connectivity index (χ0n) is 17.0. The number of benzene rings is 1. The molecule has 0 spiro atoms. The van der Waals surface area contributed by atoms with Gasteiger partial charge in [0, 0.05) is 25.5 Å². The fourth-order valence-corrected chi connectivity index (χ4v) is 3.57. The van der Waals surface area contributed by atoms with Gasteiger partial charge >= 0.3 is 0 Å². The molecule has 0 radical (unpaired) electrons. The number of guanidine groups is 1. The molecule has 28 heavy (non-hydrogen) atoms. The molecule has 1 aromatic carbocycles. The van der Waals surface area contributed by atoms with Crippen LogP contribution in [-0.4, -0.2) is 60.5 Å². The van der Waals surface area contributed by atoms with E-state index in [4.69, 9.17) is 9.73 Å². The summed E-state index contributed by atoms with van der Waals surface area (Å²) in [7, 11) is 1.72. The quantitative estimate of drug-likeness (QED) is 0.513. The van der Waals surface area contributed by atoms with E-state index < -0.39 is 0 Å². The molecular formula is C21H32N6O. The number of aliphatic imine (C=N–C) groups is 1. The summed E-state index contributed by atoms with van der Waals surface area (Å²) >= 11 is 0. The Labute approximate surface area is 167 Å². The van der Waals surface area contributed by atoms with Crippen LogP contribution in [0.5, 0.6) is 5.75 Å². The van der Waals surface area contributed by atoms with E-state index in [-0.39, 0.29) is 6.04 Å². The molecular weight excluding hydrogens is 352 g/mol. The van der Waals surface area contributed by atoms with Crippen LogP contribution in [-0.2, 0) is 6.54 Å². The van der Waals surface area contributed by atoms with Crippen molar-refractivity contribution >= 4 is 5.96 Å². The maximum Gasteiger partial charge on any atom is 0.191 e. The molecule has 1 aliphatic rings. The van der Waals surface area contributed by atoms with E-state index in [0.717, 1.165) is 44.4 Å². The highest BCUT2D eigenvalue weighted by atomic mass is 16.5. The van der Waals surface area contributed by atoms with E-state index in [1.54, 1.807) is 13.3 Å². The summed E-state index contributed by atoms with van der Waals surface area (Å²) in [5.74, 6) is 1.75. The van der Waals surface area contributed by atoms with Crippen molar-refractivity contribution in [2.24, 2.45) is 4.99 Å². The highest BCUT2D eigenvalue weighted by molar-refractivity contribution is 5.79. The predicted octanol–water partition coefficient (Wildman–Crippen LogP) is 2.28. The van der Waals surface area contributed by atoms with Crippen LogP contribution < -0.4 is 15.4 Å². The molecule has 1 unspecified atom stereocenters. The average molecular weight is 385 g/mol. The van der Waals surface area contributed by atoms with E-state index in [9.17, 15) is 0 Å². The Bertz CT molecular complexity index is 724. The summed E-state index contributed by atoms with van der Waals surface area (Å²) in [6.45, 7) is 7.47. The standard InChI is InChI=1S/C21H32N6O/c1-3-22-21(23-11-15-27-14-7-10-25-27)24-17-20(26-12-4-5-13-26)18-8-6-9-19(16-18)28-2/h6-10,14,16,20H,3-5,11-13,15,17H2,1-2H3,(H2,22,23,24). The van der Waals surface area contributed by atoms with Crippen LogP contribution in [0.25, 0.3) is 0 Å². The number of hydrogen-bond donors (Lipinski definition) is 2.